The molecule has 0 aliphatic heterocycles. The van der Waals surface area contributed by atoms with E-state index in [4.69, 9.17) is 27.9 Å². The quantitative estimate of drug-likeness (QED) is 0.550. The first-order chi connectivity index (χ1) is 10.9. The van der Waals surface area contributed by atoms with Crippen LogP contribution in [0.25, 0.3) is 0 Å². The lowest BCUT2D eigenvalue weighted by atomic mass is 10.1. The van der Waals surface area contributed by atoms with Gasteiger partial charge in [0.2, 0.25) is 0 Å². The Morgan fingerprint density at radius 3 is 2.57 bits per heavy atom. The number of rotatable bonds is 8. The number of hydrogen-bond acceptors (Lipinski definition) is 4. The average molecular weight is 362 g/mol. The highest BCUT2D eigenvalue weighted by Crippen LogP contribution is 2.23. The second-order valence-electron chi connectivity index (χ2n) is 5.02. The van der Waals surface area contributed by atoms with Gasteiger partial charge in [0.15, 0.2) is 4.84 Å². The molecule has 2 N–H and O–H groups in total. The Balaban J connectivity index is 2.92. The second-order valence-corrected chi connectivity index (χ2v) is 6.11. The van der Waals surface area contributed by atoms with E-state index < -0.39 is 10.7 Å². The van der Waals surface area contributed by atoms with E-state index in [9.17, 15) is 9.59 Å². The number of nitrogens with one attached hydrogen (secondary N) is 2. The highest BCUT2D eigenvalue weighted by Gasteiger charge is 2.16. The summed E-state index contributed by atoms with van der Waals surface area (Å²) in [4.78, 5) is 24.6. The van der Waals surface area contributed by atoms with Crippen LogP contribution >= 0.6 is 23.2 Å². The molecular weight excluding hydrogens is 341 g/mol. The number of hydrogen-bond donors (Lipinski definition) is 2. The van der Waals surface area contributed by atoms with E-state index in [-0.39, 0.29) is 5.91 Å². The van der Waals surface area contributed by atoms with Crippen LogP contribution < -0.4 is 15.5 Å². The summed E-state index contributed by atoms with van der Waals surface area (Å²) in [6, 6.07) is 5.03. The van der Waals surface area contributed by atoms with Gasteiger partial charge < -0.3 is 20.3 Å². The molecule has 0 fully saturated rings. The van der Waals surface area contributed by atoms with Crippen molar-refractivity contribution in [3.8, 4) is 0 Å². The molecule has 8 heteroatoms. The maximum Gasteiger partial charge on any atom is 0.257 e. The van der Waals surface area contributed by atoms with Gasteiger partial charge >= 0.3 is 0 Å². The second kappa shape index (κ2) is 9.60. The number of carbonyl (C=O) groups excluding carboxylic acids is 2. The molecule has 0 atom stereocenters. The Bertz CT molecular complexity index is 551. The largest absolute Gasteiger partial charge is 0.385 e. The van der Waals surface area contributed by atoms with Crippen LogP contribution in [-0.4, -0.2) is 51.0 Å². The van der Waals surface area contributed by atoms with Gasteiger partial charge in [-0.25, -0.2) is 0 Å². The summed E-state index contributed by atoms with van der Waals surface area (Å²) in [5.74, 6) is -0.772. The highest BCUT2D eigenvalue weighted by atomic mass is 35.5. The summed E-state index contributed by atoms with van der Waals surface area (Å²) >= 11 is 11.0. The molecule has 0 aliphatic carbocycles. The van der Waals surface area contributed by atoms with Crippen LogP contribution in [0.4, 0.5) is 11.4 Å². The third kappa shape index (κ3) is 6.25. The number of benzene rings is 1. The van der Waals surface area contributed by atoms with E-state index in [0.29, 0.717) is 24.4 Å². The molecule has 0 saturated heterocycles. The fourth-order valence-electron chi connectivity index (χ4n) is 1.90. The third-order valence-electron chi connectivity index (χ3n) is 3.00. The first-order valence-electron chi connectivity index (χ1n) is 7.04. The SMILES string of the molecule is COCCCNC(=O)c1cc(NC(=O)C(Cl)Cl)ccc1N(C)C. The average Bonchev–Trinajstić information content (AvgIpc) is 2.50. The zero-order valence-corrected chi connectivity index (χ0v) is 14.9. The van der Waals surface area contributed by atoms with Crippen LogP contribution in [0.1, 0.15) is 16.8 Å². The van der Waals surface area contributed by atoms with Gasteiger partial charge in [-0.05, 0) is 24.6 Å². The Morgan fingerprint density at radius 1 is 1.30 bits per heavy atom. The van der Waals surface area contributed by atoms with Crippen molar-refractivity contribution in [2.75, 3.05) is 44.6 Å². The summed E-state index contributed by atoms with van der Waals surface area (Å²) in [6.45, 7) is 1.07. The van der Waals surface area contributed by atoms with Gasteiger partial charge in [-0.2, -0.15) is 0 Å². The van der Waals surface area contributed by atoms with Gasteiger partial charge in [-0.3, -0.25) is 9.59 Å². The smallest absolute Gasteiger partial charge is 0.257 e. The van der Waals surface area contributed by atoms with E-state index in [1.165, 1.54) is 0 Å². The lowest BCUT2D eigenvalue weighted by molar-refractivity contribution is -0.114. The van der Waals surface area contributed by atoms with Gasteiger partial charge in [0.05, 0.1) is 5.56 Å². The fourth-order valence-corrected chi connectivity index (χ4v) is 2.01. The highest BCUT2D eigenvalue weighted by molar-refractivity contribution is 6.54. The maximum atomic E-state index is 12.4. The molecule has 0 aromatic heterocycles. The van der Waals surface area contributed by atoms with Crippen molar-refractivity contribution in [3.63, 3.8) is 0 Å². The van der Waals surface area contributed by atoms with E-state index in [0.717, 1.165) is 12.1 Å². The van der Waals surface area contributed by atoms with E-state index in [1.807, 2.05) is 19.0 Å². The van der Waals surface area contributed by atoms with Crippen molar-refractivity contribution >= 4 is 46.4 Å². The van der Waals surface area contributed by atoms with Crippen LogP contribution in [0, 0.1) is 0 Å². The monoisotopic (exact) mass is 361 g/mol. The molecule has 0 spiro atoms. The minimum absolute atomic E-state index is 0.228. The molecule has 0 bridgehead atoms. The molecule has 0 saturated carbocycles. The summed E-state index contributed by atoms with van der Waals surface area (Å²) < 4.78 is 4.94. The minimum atomic E-state index is -1.17. The standard InChI is InChI=1S/C15H21Cl2N3O3/c1-20(2)12-6-5-10(19-15(22)13(16)17)9-11(12)14(21)18-7-4-8-23-3/h5-6,9,13H,4,7-8H2,1-3H3,(H,18,21)(H,19,22). The molecule has 2 amide bonds. The van der Waals surface area contributed by atoms with Crippen molar-refractivity contribution in [3.05, 3.63) is 23.8 Å². The van der Waals surface area contributed by atoms with E-state index >= 15 is 0 Å². The molecule has 23 heavy (non-hydrogen) atoms. The van der Waals surface area contributed by atoms with Crippen molar-refractivity contribution in [1.82, 2.24) is 5.32 Å². The predicted molar refractivity (Wildman–Crippen MR) is 93.7 cm³/mol. The van der Waals surface area contributed by atoms with Gasteiger partial charge in [0.1, 0.15) is 0 Å². The fraction of sp³-hybridized carbons (Fsp3) is 0.467. The number of nitrogens with zero attached hydrogens (tertiary/aromatic N) is 1. The van der Waals surface area contributed by atoms with Gasteiger partial charge in [-0.15, -0.1) is 0 Å². The van der Waals surface area contributed by atoms with Crippen LogP contribution in [0.2, 0.25) is 0 Å². The van der Waals surface area contributed by atoms with Crippen molar-refractivity contribution in [1.29, 1.82) is 0 Å². The number of amides is 2. The molecule has 0 aliphatic rings. The third-order valence-corrected chi connectivity index (χ3v) is 3.40. The Kier molecular flexibility index (Phi) is 8.16. The molecule has 128 valence electrons. The van der Waals surface area contributed by atoms with Crippen LogP contribution in [0.15, 0.2) is 18.2 Å². The molecule has 1 rings (SSSR count). The lowest BCUT2D eigenvalue weighted by Gasteiger charge is -2.18. The van der Waals surface area contributed by atoms with E-state index in [1.54, 1.807) is 25.3 Å². The number of alkyl halides is 2. The molecule has 6 nitrogen and oxygen atoms in total. The topological polar surface area (TPSA) is 70.7 Å². The Labute approximate surface area is 146 Å². The van der Waals surface area contributed by atoms with Gasteiger partial charge in [0, 0.05) is 45.7 Å². The molecule has 1 aromatic rings. The van der Waals surface area contributed by atoms with Crippen LogP contribution in [0.5, 0.6) is 0 Å². The first-order valence-corrected chi connectivity index (χ1v) is 7.91. The van der Waals surface area contributed by atoms with Crippen molar-refractivity contribution in [2.24, 2.45) is 0 Å². The number of methoxy groups -OCH3 is 1. The number of halogens is 2. The molecular formula is C15H21Cl2N3O3. The van der Waals surface area contributed by atoms with Gasteiger partial charge in [0.25, 0.3) is 11.8 Å². The number of ether oxygens (including phenoxy) is 1. The summed E-state index contributed by atoms with van der Waals surface area (Å²) in [7, 11) is 5.28. The lowest BCUT2D eigenvalue weighted by Crippen LogP contribution is -2.27. The van der Waals surface area contributed by atoms with Crippen molar-refractivity contribution < 1.29 is 14.3 Å². The molecule has 1 aromatic carbocycles. The summed E-state index contributed by atoms with van der Waals surface area (Å²) in [5.41, 5.74) is 1.64. The predicted octanol–water partition coefficient (Wildman–Crippen LogP) is 2.26. The zero-order chi connectivity index (χ0) is 17.4. The Hall–Kier alpha value is -1.50. The number of carbonyl (C=O) groups is 2. The summed E-state index contributed by atoms with van der Waals surface area (Å²) in [5, 5.41) is 5.38. The number of anilines is 2. The van der Waals surface area contributed by atoms with Crippen molar-refractivity contribution in [2.45, 2.75) is 11.3 Å². The minimum Gasteiger partial charge on any atom is -0.385 e. The molecule has 0 unspecified atom stereocenters. The molecule has 0 radical (unpaired) electrons. The normalized spacial score (nSPS) is 10.5. The van der Waals surface area contributed by atoms with Crippen LogP contribution in [-0.2, 0) is 9.53 Å². The van der Waals surface area contributed by atoms with Gasteiger partial charge in [-0.1, -0.05) is 23.2 Å². The van der Waals surface area contributed by atoms with Crippen LogP contribution in [0.3, 0.4) is 0 Å². The maximum absolute atomic E-state index is 12.4. The Morgan fingerprint density at radius 2 is 2.00 bits per heavy atom. The van der Waals surface area contributed by atoms with E-state index in [2.05, 4.69) is 10.6 Å². The zero-order valence-electron chi connectivity index (χ0n) is 13.4. The summed E-state index contributed by atoms with van der Waals surface area (Å²) in [6.07, 6.45) is 0.718. The first kappa shape index (κ1) is 19.5. The molecule has 0 heterocycles.